The maximum absolute atomic E-state index is 12.5. The number of hydrogen-bond acceptors (Lipinski definition) is 5. The van der Waals surface area contributed by atoms with Crippen LogP contribution >= 0.6 is 0 Å². The lowest BCUT2D eigenvalue weighted by Gasteiger charge is -2.19. The van der Waals surface area contributed by atoms with Crippen molar-refractivity contribution in [3.8, 4) is 5.75 Å². The molecule has 3 rings (SSSR count). The summed E-state index contributed by atoms with van der Waals surface area (Å²) in [7, 11) is 1.34. The maximum atomic E-state index is 12.5. The lowest BCUT2D eigenvalue weighted by atomic mass is 9.95. The highest BCUT2D eigenvalue weighted by atomic mass is 16.5. The quantitative estimate of drug-likeness (QED) is 0.711. The highest BCUT2D eigenvalue weighted by molar-refractivity contribution is 5.97. The van der Waals surface area contributed by atoms with Gasteiger partial charge in [0.2, 0.25) is 11.8 Å². The van der Waals surface area contributed by atoms with Crippen LogP contribution in [0.25, 0.3) is 0 Å². The van der Waals surface area contributed by atoms with Gasteiger partial charge in [0.25, 0.3) is 0 Å². The van der Waals surface area contributed by atoms with Crippen LogP contribution in [0.2, 0.25) is 0 Å². The predicted molar refractivity (Wildman–Crippen MR) is 118 cm³/mol. The fraction of sp³-hybridized carbons (Fsp3) is 0.375. The molecule has 0 radical (unpaired) electrons. The van der Waals surface area contributed by atoms with E-state index in [0.29, 0.717) is 36.6 Å². The van der Waals surface area contributed by atoms with Crippen LogP contribution in [0.5, 0.6) is 5.75 Å². The molecule has 0 bridgehead atoms. The van der Waals surface area contributed by atoms with Crippen molar-refractivity contribution in [1.82, 2.24) is 0 Å². The van der Waals surface area contributed by atoms with Crippen LogP contribution in [0.1, 0.15) is 37.6 Å². The minimum atomic E-state index is -0.476. The van der Waals surface area contributed by atoms with Gasteiger partial charge in [0, 0.05) is 35.7 Å². The smallest absolute Gasteiger partial charge is 0.337 e. The van der Waals surface area contributed by atoms with Crippen molar-refractivity contribution in [3.63, 3.8) is 0 Å². The van der Waals surface area contributed by atoms with Gasteiger partial charge in [-0.2, -0.15) is 0 Å². The van der Waals surface area contributed by atoms with Crippen molar-refractivity contribution < 1.29 is 23.9 Å². The van der Waals surface area contributed by atoms with Gasteiger partial charge in [-0.15, -0.1) is 0 Å². The first-order valence-electron chi connectivity index (χ1n) is 10.2. The van der Waals surface area contributed by atoms with Gasteiger partial charge in [-0.25, -0.2) is 4.79 Å². The molecule has 1 fully saturated rings. The van der Waals surface area contributed by atoms with Crippen LogP contribution < -0.4 is 15.0 Å². The van der Waals surface area contributed by atoms with Gasteiger partial charge in [0.05, 0.1) is 19.3 Å². The molecule has 2 amide bonds. The van der Waals surface area contributed by atoms with Crippen LogP contribution in [0.3, 0.4) is 0 Å². The van der Waals surface area contributed by atoms with E-state index in [1.807, 2.05) is 32.9 Å². The number of methoxy groups -OCH3 is 1. The molecular weight excluding hydrogens is 396 g/mol. The predicted octanol–water partition coefficient (Wildman–Crippen LogP) is 3.89. The Labute approximate surface area is 182 Å². The Hall–Kier alpha value is -3.35. The number of ether oxygens (including phenoxy) is 2. The zero-order chi connectivity index (χ0) is 22.6. The zero-order valence-electron chi connectivity index (χ0n) is 18.3. The maximum Gasteiger partial charge on any atom is 0.337 e. The topological polar surface area (TPSA) is 84.9 Å². The third-order valence-corrected chi connectivity index (χ3v) is 5.08. The van der Waals surface area contributed by atoms with Crippen molar-refractivity contribution >= 4 is 29.2 Å². The van der Waals surface area contributed by atoms with Gasteiger partial charge in [-0.05, 0) is 48.5 Å². The summed E-state index contributed by atoms with van der Waals surface area (Å²) in [6.07, 6.45) is 0.406. The Morgan fingerprint density at radius 2 is 1.71 bits per heavy atom. The minimum Gasteiger partial charge on any atom is -0.493 e. The van der Waals surface area contributed by atoms with Crippen molar-refractivity contribution in [2.24, 2.45) is 11.3 Å². The lowest BCUT2D eigenvalue weighted by molar-refractivity contribution is -0.123. The third-order valence-electron chi connectivity index (χ3n) is 5.08. The molecule has 1 unspecified atom stereocenters. The summed E-state index contributed by atoms with van der Waals surface area (Å²) in [4.78, 5) is 37.8. The molecule has 164 valence electrons. The number of nitrogens with one attached hydrogen (secondary N) is 1. The normalized spacial score (nSPS) is 16.2. The molecule has 2 aromatic rings. The number of hydrogen-bond donors (Lipinski definition) is 1. The van der Waals surface area contributed by atoms with E-state index in [0.717, 1.165) is 5.69 Å². The Kier molecular flexibility index (Phi) is 6.63. The van der Waals surface area contributed by atoms with Crippen molar-refractivity contribution in [2.45, 2.75) is 27.2 Å². The zero-order valence-corrected chi connectivity index (χ0v) is 18.3. The first kappa shape index (κ1) is 22.3. The van der Waals surface area contributed by atoms with Crippen molar-refractivity contribution in [1.29, 1.82) is 0 Å². The summed E-state index contributed by atoms with van der Waals surface area (Å²) >= 11 is 0. The SMILES string of the molecule is COC(=O)c1ccc(OCC2CC(=O)N(c3ccc(NC(=O)C(C)(C)C)cc3)C2)cc1. The minimum absolute atomic E-state index is 0.0427. The average Bonchev–Trinajstić information content (AvgIpc) is 3.12. The van der Waals surface area contributed by atoms with E-state index in [4.69, 9.17) is 4.74 Å². The molecule has 31 heavy (non-hydrogen) atoms. The van der Waals surface area contributed by atoms with Crippen molar-refractivity contribution in [3.05, 3.63) is 54.1 Å². The molecule has 1 saturated heterocycles. The number of nitrogens with zero attached hydrogens (tertiary/aromatic N) is 1. The van der Waals surface area contributed by atoms with E-state index in [1.165, 1.54) is 7.11 Å². The number of carbonyl (C=O) groups excluding carboxylic acids is 3. The highest BCUT2D eigenvalue weighted by Crippen LogP contribution is 2.27. The summed E-state index contributed by atoms with van der Waals surface area (Å²) < 4.78 is 10.5. The van der Waals surface area contributed by atoms with Crippen LogP contribution in [-0.4, -0.2) is 38.0 Å². The lowest BCUT2D eigenvalue weighted by Crippen LogP contribution is -2.28. The van der Waals surface area contributed by atoms with Crippen molar-refractivity contribution in [2.75, 3.05) is 30.5 Å². The summed E-state index contributed by atoms with van der Waals surface area (Å²) in [6.45, 7) is 6.53. The third kappa shape index (κ3) is 5.63. The molecule has 0 aromatic heterocycles. The van der Waals surface area contributed by atoms with Crippen LogP contribution in [0.4, 0.5) is 11.4 Å². The second kappa shape index (κ2) is 9.20. The number of carbonyl (C=O) groups is 3. The Morgan fingerprint density at radius 1 is 1.06 bits per heavy atom. The molecular formula is C24H28N2O5. The van der Waals surface area contributed by atoms with Gasteiger partial charge in [-0.3, -0.25) is 9.59 Å². The van der Waals surface area contributed by atoms with E-state index in [1.54, 1.807) is 41.3 Å². The van der Waals surface area contributed by atoms with Crippen LogP contribution in [0.15, 0.2) is 48.5 Å². The van der Waals surface area contributed by atoms with E-state index in [2.05, 4.69) is 10.1 Å². The highest BCUT2D eigenvalue weighted by Gasteiger charge is 2.31. The van der Waals surface area contributed by atoms with E-state index < -0.39 is 11.4 Å². The van der Waals surface area contributed by atoms with Crippen LogP contribution in [0, 0.1) is 11.3 Å². The molecule has 7 heteroatoms. The molecule has 1 heterocycles. The number of benzene rings is 2. The van der Waals surface area contributed by atoms with Gasteiger partial charge >= 0.3 is 5.97 Å². The monoisotopic (exact) mass is 424 g/mol. The fourth-order valence-corrected chi connectivity index (χ4v) is 3.21. The van der Waals surface area contributed by atoms with Gasteiger partial charge < -0.3 is 19.7 Å². The summed E-state index contributed by atoms with van der Waals surface area (Å²) in [6, 6.07) is 14.0. The van der Waals surface area contributed by atoms with Gasteiger partial charge in [0.1, 0.15) is 5.75 Å². The van der Waals surface area contributed by atoms with E-state index in [9.17, 15) is 14.4 Å². The molecule has 7 nitrogen and oxygen atoms in total. The number of esters is 1. The Bertz CT molecular complexity index is 945. The first-order valence-corrected chi connectivity index (χ1v) is 10.2. The number of rotatable bonds is 6. The molecule has 1 aliphatic rings. The summed E-state index contributed by atoms with van der Waals surface area (Å²) in [5.74, 6) is 0.286. The Morgan fingerprint density at radius 3 is 2.29 bits per heavy atom. The standard InChI is InChI=1S/C24H28N2O5/c1-24(2,3)23(29)25-18-7-9-19(10-8-18)26-14-16(13-21(26)27)15-31-20-11-5-17(6-12-20)22(28)30-4/h5-12,16H,13-15H2,1-4H3,(H,25,29). The molecule has 0 saturated carbocycles. The molecule has 2 aromatic carbocycles. The van der Waals surface area contributed by atoms with Crippen LogP contribution in [-0.2, 0) is 14.3 Å². The van der Waals surface area contributed by atoms with E-state index in [-0.39, 0.29) is 17.7 Å². The molecule has 1 atom stereocenters. The molecule has 0 spiro atoms. The van der Waals surface area contributed by atoms with E-state index >= 15 is 0 Å². The number of anilines is 2. The molecule has 1 aliphatic heterocycles. The summed E-state index contributed by atoms with van der Waals surface area (Å²) in [5, 5.41) is 2.88. The largest absolute Gasteiger partial charge is 0.493 e. The van der Waals surface area contributed by atoms with Gasteiger partial charge in [0.15, 0.2) is 0 Å². The molecule has 0 aliphatic carbocycles. The molecule has 1 N–H and O–H groups in total. The second-order valence-corrected chi connectivity index (χ2v) is 8.65. The second-order valence-electron chi connectivity index (χ2n) is 8.65. The Balaban J connectivity index is 1.55. The number of amides is 2. The van der Waals surface area contributed by atoms with Gasteiger partial charge in [-0.1, -0.05) is 20.8 Å². The first-order chi connectivity index (χ1) is 14.7. The fourth-order valence-electron chi connectivity index (χ4n) is 3.21. The average molecular weight is 424 g/mol. The summed E-state index contributed by atoms with van der Waals surface area (Å²) in [5.41, 5.74) is 1.48.